The topological polar surface area (TPSA) is 30.0 Å². The average Bonchev–Trinajstić information content (AvgIpc) is 3.07. The molecule has 0 spiro atoms. The lowest BCUT2D eigenvalue weighted by molar-refractivity contribution is 0.0973. The van der Waals surface area contributed by atoms with Gasteiger partial charge in [0, 0.05) is 10.7 Å². The van der Waals surface area contributed by atoms with Crippen molar-refractivity contribution in [2.75, 3.05) is 0 Å². The summed E-state index contributed by atoms with van der Waals surface area (Å²) in [7, 11) is -1.45. The minimum absolute atomic E-state index is 0.0851. The van der Waals surface area contributed by atoms with Gasteiger partial charge in [0.05, 0.1) is 14.0 Å². The van der Waals surface area contributed by atoms with Crippen molar-refractivity contribution in [1.29, 1.82) is 0 Å². The van der Waals surface area contributed by atoms with Crippen LogP contribution in [0.25, 0.3) is 0 Å². The number of thiazole rings is 1. The Balaban J connectivity index is 2.03. The summed E-state index contributed by atoms with van der Waals surface area (Å²) in [5, 5.41) is 0.616. The van der Waals surface area contributed by atoms with Crippen molar-refractivity contribution < 1.29 is 4.79 Å². The maximum atomic E-state index is 13.2. The van der Waals surface area contributed by atoms with Crippen LogP contribution < -0.4 is 4.50 Å². The monoisotopic (exact) mass is 351 g/mol. The van der Waals surface area contributed by atoms with E-state index in [1.165, 1.54) is 4.50 Å². The molecule has 4 heteroatoms. The predicted molar refractivity (Wildman–Crippen MR) is 104 cm³/mol. The smallest absolute Gasteiger partial charge is 0.203 e. The van der Waals surface area contributed by atoms with Crippen LogP contribution in [0.15, 0.2) is 66.9 Å². The lowest BCUT2D eigenvalue weighted by atomic mass is 9.88. The van der Waals surface area contributed by atoms with Crippen LogP contribution in [0.4, 0.5) is 0 Å². The number of carbonyl (C=O) groups excluding carboxylic acids is 1. The highest BCUT2D eigenvalue weighted by atomic mass is 32.1. The van der Waals surface area contributed by atoms with E-state index in [2.05, 4.69) is 24.6 Å². The van der Waals surface area contributed by atoms with Gasteiger partial charge in [-0.05, 0) is 11.1 Å². The third-order valence-electron chi connectivity index (χ3n) is 3.98. The Kier molecular flexibility index (Phi) is 4.78. The minimum atomic E-state index is -1.45. The largest absolute Gasteiger partial charge is 0.290 e. The van der Waals surface area contributed by atoms with E-state index in [9.17, 15) is 4.79 Å². The van der Waals surface area contributed by atoms with Crippen molar-refractivity contribution >= 4 is 29.7 Å². The fraction of sp³-hybridized carbons (Fsp3) is 0.200. The van der Waals surface area contributed by atoms with Gasteiger partial charge in [0.15, 0.2) is 5.01 Å². The molecule has 24 heavy (non-hydrogen) atoms. The van der Waals surface area contributed by atoms with E-state index in [1.54, 1.807) is 11.3 Å². The second-order valence-electron chi connectivity index (χ2n) is 6.90. The van der Waals surface area contributed by atoms with Gasteiger partial charge >= 0.3 is 0 Å². The molecule has 0 saturated heterocycles. The molecule has 3 aromatic rings. The van der Waals surface area contributed by atoms with Crippen molar-refractivity contribution in [2.24, 2.45) is 0 Å². The van der Waals surface area contributed by atoms with Gasteiger partial charge in [0.1, 0.15) is 0 Å². The number of benzene rings is 2. The van der Waals surface area contributed by atoms with Crippen LogP contribution in [0.2, 0.25) is 19.6 Å². The zero-order chi connectivity index (χ0) is 17.2. The first kappa shape index (κ1) is 16.8. The van der Waals surface area contributed by atoms with Gasteiger partial charge in [-0.2, -0.15) is 0 Å². The van der Waals surface area contributed by atoms with Crippen LogP contribution in [-0.2, 0) is 0 Å². The summed E-state index contributed by atoms with van der Waals surface area (Å²) >= 11 is 1.57. The molecule has 0 amide bonds. The van der Waals surface area contributed by atoms with Crippen LogP contribution in [0, 0.1) is 0 Å². The highest BCUT2D eigenvalue weighted by molar-refractivity contribution is 7.27. The minimum Gasteiger partial charge on any atom is -0.290 e. The van der Waals surface area contributed by atoms with Crippen LogP contribution in [0.5, 0.6) is 0 Å². The Labute approximate surface area is 148 Å². The fourth-order valence-corrected chi connectivity index (χ4v) is 5.25. The lowest BCUT2D eigenvalue weighted by Gasteiger charge is -2.16. The Morgan fingerprint density at radius 1 is 0.917 bits per heavy atom. The van der Waals surface area contributed by atoms with Crippen LogP contribution in [0.1, 0.15) is 26.8 Å². The normalized spacial score (nSPS) is 11.7. The van der Waals surface area contributed by atoms with E-state index in [0.29, 0.717) is 5.01 Å². The molecule has 0 N–H and O–H groups in total. The zero-order valence-electron chi connectivity index (χ0n) is 14.2. The number of nitrogens with zero attached hydrogens (tertiary/aromatic N) is 1. The van der Waals surface area contributed by atoms with Gasteiger partial charge in [-0.25, -0.2) is 4.98 Å². The maximum absolute atomic E-state index is 13.2. The van der Waals surface area contributed by atoms with Gasteiger partial charge in [-0.3, -0.25) is 4.79 Å². The molecule has 0 saturated carbocycles. The molecule has 3 rings (SSSR count). The Morgan fingerprint density at radius 2 is 1.42 bits per heavy atom. The van der Waals surface area contributed by atoms with E-state index in [0.717, 1.165) is 11.1 Å². The molecule has 0 unspecified atom stereocenters. The zero-order valence-corrected chi connectivity index (χ0v) is 16.0. The molecule has 1 aromatic heterocycles. The van der Waals surface area contributed by atoms with Gasteiger partial charge in [0.2, 0.25) is 5.78 Å². The standard InChI is InChI=1S/C20H21NOSSi/c1-24(2,3)17-14-21-20(23-17)19(22)18(15-10-6-4-7-11-15)16-12-8-5-9-13-16/h4-14,18H,1-3H3. The first-order valence-corrected chi connectivity index (χ1v) is 12.4. The first-order chi connectivity index (χ1) is 11.5. The molecule has 0 bridgehead atoms. The molecule has 1 heterocycles. The van der Waals surface area contributed by atoms with Crippen LogP contribution >= 0.6 is 11.3 Å². The van der Waals surface area contributed by atoms with Crippen molar-refractivity contribution in [3.63, 3.8) is 0 Å². The molecule has 0 radical (unpaired) electrons. The number of aromatic nitrogens is 1. The Hall–Kier alpha value is -2.04. The summed E-state index contributed by atoms with van der Waals surface area (Å²) < 4.78 is 1.27. The molecule has 0 fully saturated rings. The SMILES string of the molecule is C[Si](C)(C)c1cnc(C(=O)C(c2ccccc2)c2ccccc2)s1. The molecule has 122 valence electrons. The van der Waals surface area contributed by atoms with E-state index < -0.39 is 8.07 Å². The van der Waals surface area contributed by atoms with Crippen molar-refractivity contribution in [2.45, 2.75) is 25.6 Å². The molecular weight excluding hydrogens is 330 g/mol. The fourth-order valence-electron chi connectivity index (χ4n) is 2.64. The first-order valence-electron chi connectivity index (χ1n) is 8.07. The summed E-state index contributed by atoms with van der Waals surface area (Å²) in [6.07, 6.45) is 1.90. The van der Waals surface area contributed by atoms with E-state index in [4.69, 9.17) is 0 Å². The second kappa shape index (κ2) is 6.83. The van der Waals surface area contributed by atoms with Crippen molar-refractivity contribution in [3.05, 3.63) is 83.0 Å². The molecule has 0 atom stereocenters. The van der Waals surface area contributed by atoms with Gasteiger partial charge in [-0.1, -0.05) is 80.3 Å². The van der Waals surface area contributed by atoms with E-state index >= 15 is 0 Å². The quantitative estimate of drug-likeness (QED) is 0.492. The predicted octanol–water partition coefficient (Wildman–Crippen LogP) is 4.70. The number of rotatable bonds is 5. The van der Waals surface area contributed by atoms with Crippen molar-refractivity contribution in [3.8, 4) is 0 Å². The summed E-state index contributed by atoms with van der Waals surface area (Å²) in [4.78, 5) is 17.7. The Morgan fingerprint density at radius 3 is 1.83 bits per heavy atom. The summed E-state index contributed by atoms with van der Waals surface area (Å²) in [6, 6.07) is 19.9. The second-order valence-corrected chi connectivity index (χ2v) is 13.3. The number of ketones is 1. The Bertz CT molecular complexity index is 782. The van der Waals surface area contributed by atoms with Gasteiger partial charge < -0.3 is 0 Å². The molecule has 0 aliphatic heterocycles. The molecule has 2 nitrogen and oxygen atoms in total. The lowest BCUT2D eigenvalue weighted by Crippen LogP contribution is -2.34. The van der Waals surface area contributed by atoms with E-state index in [1.807, 2.05) is 66.9 Å². The number of hydrogen-bond acceptors (Lipinski definition) is 3. The molecule has 0 aliphatic rings. The van der Waals surface area contributed by atoms with Crippen LogP contribution in [-0.4, -0.2) is 18.8 Å². The van der Waals surface area contributed by atoms with Crippen LogP contribution in [0.3, 0.4) is 0 Å². The summed E-state index contributed by atoms with van der Waals surface area (Å²) in [5.74, 6) is -0.213. The summed E-state index contributed by atoms with van der Waals surface area (Å²) in [6.45, 7) is 6.84. The van der Waals surface area contributed by atoms with E-state index in [-0.39, 0.29) is 11.7 Å². The number of hydrogen-bond donors (Lipinski definition) is 0. The highest BCUT2D eigenvalue weighted by Gasteiger charge is 2.28. The highest BCUT2D eigenvalue weighted by Crippen LogP contribution is 2.29. The average molecular weight is 352 g/mol. The summed E-state index contributed by atoms with van der Waals surface area (Å²) in [5.41, 5.74) is 2.02. The molecule has 2 aromatic carbocycles. The maximum Gasteiger partial charge on any atom is 0.203 e. The number of Topliss-reactive ketones (excluding diaryl/α,β-unsaturated/α-hetero) is 1. The van der Waals surface area contributed by atoms with Gasteiger partial charge in [0.25, 0.3) is 0 Å². The van der Waals surface area contributed by atoms with Crippen molar-refractivity contribution in [1.82, 2.24) is 4.98 Å². The number of carbonyl (C=O) groups is 1. The molecule has 0 aliphatic carbocycles. The molecular formula is C20H21NOSSi. The van der Waals surface area contributed by atoms with Gasteiger partial charge in [-0.15, -0.1) is 11.3 Å². The third kappa shape index (κ3) is 3.55. The third-order valence-corrected chi connectivity index (χ3v) is 8.56.